The van der Waals surface area contributed by atoms with Gasteiger partial charge in [-0.15, -0.1) is 0 Å². The summed E-state index contributed by atoms with van der Waals surface area (Å²) in [6, 6.07) is 11.0. The molecule has 0 fully saturated rings. The van der Waals surface area contributed by atoms with Gasteiger partial charge >= 0.3 is 0 Å². The summed E-state index contributed by atoms with van der Waals surface area (Å²) in [6.07, 6.45) is 0. The number of anilines is 1. The van der Waals surface area contributed by atoms with Gasteiger partial charge in [0.2, 0.25) is 0 Å². The van der Waals surface area contributed by atoms with Crippen LogP contribution in [0, 0.1) is 19.7 Å². The molecule has 2 aromatic carbocycles. The van der Waals surface area contributed by atoms with E-state index in [0.717, 1.165) is 22.6 Å². The van der Waals surface area contributed by atoms with Gasteiger partial charge in [0.15, 0.2) is 0 Å². The van der Waals surface area contributed by atoms with Crippen LogP contribution in [0.4, 0.5) is 10.1 Å². The second-order valence-electron chi connectivity index (χ2n) is 4.63. The third kappa shape index (κ3) is 3.25. The molecule has 3 heteroatoms. The smallest absolute Gasteiger partial charge is 0.128 e. The second kappa shape index (κ2) is 5.74. The van der Waals surface area contributed by atoms with Crippen LogP contribution in [-0.2, 0) is 6.54 Å². The van der Waals surface area contributed by atoms with Crippen molar-refractivity contribution in [1.29, 1.82) is 0 Å². The number of ether oxygens (including phenoxy) is 1. The standard InChI is InChI=1S/C16H18FNO/c1-11-4-6-15(17)13(8-11)10-18-14-5-7-16(19-3)12(2)9-14/h4-9,18H,10H2,1-3H3. The van der Waals surface area contributed by atoms with Crippen molar-refractivity contribution in [2.24, 2.45) is 0 Å². The molecule has 0 aliphatic rings. The van der Waals surface area contributed by atoms with E-state index >= 15 is 0 Å². The van der Waals surface area contributed by atoms with Crippen LogP contribution in [0.25, 0.3) is 0 Å². The Morgan fingerprint density at radius 2 is 1.89 bits per heavy atom. The molecule has 2 nitrogen and oxygen atoms in total. The third-order valence-corrected chi connectivity index (χ3v) is 3.08. The van der Waals surface area contributed by atoms with Gasteiger partial charge in [0.25, 0.3) is 0 Å². The van der Waals surface area contributed by atoms with Gasteiger partial charge in [-0.2, -0.15) is 0 Å². The monoisotopic (exact) mass is 259 g/mol. The van der Waals surface area contributed by atoms with Gasteiger partial charge in [0.1, 0.15) is 11.6 Å². The van der Waals surface area contributed by atoms with Crippen molar-refractivity contribution in [3.8, 4) is 5.75 Å². The van der Waals surface area contributed by atoms with Crippen molar-refractivity contribution in [3.05, 3.63) is 58.9 Å². The lowest BCUT2D eigenvalue weighted by Crippen LogP contribution is -2.02. The average molecular weight is 259 g/mol. The van der Waals surface area contributed by atoms with E-state index in [0.29, 0.717) is 12.1 Å². The van der Waals surface area contributed by atoms with Crippen LogP contribution in [0.1, 0.15) is 16.7 Å². The highest BCUT2D eigenvalue weighted by Gasteiger charge is 2.03. The fraction of sp³-hybridized carbons (Fsp3) is 0.250. The minimum Gasteiger partial charge on any atom is -0.496 e. The van der Waals surface area contributed by atoms with Crippen molar-refractivity contribution in [1.82, 2.24) is 0 Å². The molecular weight excluding hydrogens is 241 g/mol. The van der Waals surface area contributed by atoms with Gasteiger partial charge in [-0.1, -0.05) is 17.7 Å². The van der Waals surface area contributed by atoms with Crippen LogP contribution in [0.15, 0.2) is 36.4 Å². The van der Waals surface area contributed by atoms with Gasteiger partial charge in [-0.05, 0) is 43.7 Å². The maximum Gasteiger partial charge on any atom is 0.128 e. The highest BCUT2D eigenvalue weighted by Crippen LogP contribution is 2.22. The summed E-state index contributed by atoms with van der Waals surface area (Å²) < 4.78 is 18.8. The SMILES string of the molecule is COc1ccc(NCc2cc(C)ccc2F)cc1C. The predicted molar refractivity (Wildman–Crippen MR) is 76.2 cm³/mol. The van der Waals surface area contributed by atoms with E-state index < -0.39 is 0 Å². The van der Waals surface area contributed by atoms with E-state index in [-0.39, 0.29) is 5.82 Å². The number of nitrogens with one attached hydrogen (secondary N) is 1. The number of aryl methyl sites for hydroxylation is 2. The van der Waals surface area contributed by atoms with Crippen LogP contribution in [0.3, 0.4) is 0 Å². The summed E-state index contributed by atoms with van der Waals surface area (Å²) in [7, 11) is 1.65. The van der Waals surface area contributed by atoms with Crippen LogP contribution in [-0.4, -0.2) is 7.11 Å². The van der Waals surface area contributed by atoms with Crippen molar-refractivity contribution in [2.45, 2.75) is 20.4 Å². The molecule has 0 unspecified atom stereocenters. The molecule has 2 rings (SSSR count). The summed E-state index contributed by atoms with van der Waals surface area (Å²) in [5, 5.41) is 3.23. The normalized spacial score (nSPS) is 10.3. The van der Waals surface area contributed by atoms with E-state index in [4.69, 9.17) is 4.74 Å². The predicted octanol–water partition coefficient (Wildman–Crippen LogP) is 4.06. The number of halogens is 1. The Morgan fingerprint density at radius 1 is 1.11 bits per heavy atom. The second-order valence-corrected chi connectivity index (χ2v) is 4.63. The highest BCUT2D eigenvalue weighted by atomic mass is 19.1. The Bertz CT molecular complexity index is 581. The quantitative estimate of drug-likeness (QED) is 0.894. The van der Waals surface area contributed by atoms with Crippen LogP contribution in [0.5, 0.6) is 5.75 Å². The summed E-state index contributed by atoms with van der Waals surface area (Å²) in [4.78, 5) is 0. The zero-order chi connectivity index (χ0) is 13.8. The minimum absolute atomic E-state index is 0.177. The summed E-state index contributed by atoms with van der Waals surface area (Å²) in [5.74, 6) is 0.676. The van der Waals surface area contributed by atoms with E-state index in [1.165, 1.54) is 6.07 Å². The van der Waals surface area contributed by atoms with E-state index in [9.17, 15) is 4.39 Å². The fourth-order valence-corrected chi connectivity index (χ4v) is 2.02. The Kier molecular flexibility index (Phi) is 4.05. The van der Waals surface area contributed by atoms with Gasteiger partial charge < -0.3 is 10.1 Å². The fourth-order valence-electron chi connectivity index (χ4n) is 2.02. The zero-order valence-electron chi connectivity index (χ0n) is 11.5. The molecule has 0 aliphatic heterocycles. The molecule has 0 saturated heterocycles. The van der Waals surface area contributed by atoms with Gasteiger partial charge in [0.05, 0.1) is 7.11 Å². The van der Waals surface area contributed by atoms with Crippen molar-refractivity contribution >= 4 is 5.69 Å². The van der Waals surface area contributed by atoms with E-state index in [2.05, 4.69) is 5.32 Å². The zero-order valence-corrected chi connectivity index (χ0v) is 11.5. The number of hydrogen-bond acceptors (Lipinski definition) is 2. The molecule has 0 atom stereocenters. The third-order valence-electron chi connectivity index (χ3n) is 3.08. The van der Waals surface area contributed by atoms with Gasteiger partial charge in [0, 0.05) is 17.8 Å². The topological polar surface area (TPSA) is 21.3 Å². The number of hydrogen-bond donors (Lipinski definition) is 1. The van der Waals surface area contributed by atoms with Crippen LogP contribution in [0.2, 0.25) is 0 Å². The number of benzene rings is 2. The lowest BCUT2D eigenvalue weighted by Gasteiger charge is -2.11. The minimum atomic E-state index is -0.177. The van der Waals surface area contributed by atoms with Gasteiger partial charge in [-0.3, -0.25) is 0 Å². The molecule has 0 heterocycles. The molecular formula is C16H18FNO. The Morgan fingerprint density at radius 3 is 2.58 bits per heavy atom. The first kappa shape index (κ1) is 13.4. The van der Waals surface area contributed by atoms with Crippen molar-refractivity contribution in [3.63, 3.8) is 0 Å². The largest absolute Gasteiger partial charge is 0.496 e. The molecule has 0 spiro atoms. The molecule has 0 radical (unpaired) electrons. The molecule has 0 bridgehead atoms. The summed E-state index contributed by atoms with van der Waals surface area (Å²) >= 11 is 0. The average Bonchev–Trinajstić information content (AvgIpc) is 2.40. The lowest BCUT2D eigenvalue weighted by molar-refractivity contribution is 0.412. The molecule has 0 aromatic heterocycles. The maximum absolute atomic E-state index is 13.6. The van der Waals surface area contributed by atoms with E-state index in [1.807, 2.05) is 38.1 Å². The lowest BCUT2D eigenvalue weighted by atomic mass is 10.1. The highest BCUT2D eigenvalue weighted by molar-refractivity contribution is 5.51. The Labute approximate surface area is 113 Å². The Hall–Kier alpha value is -2.03. The van der Waals surface area contributed by atoms with Crippen LogP contribution >= 0.6 is 0 Å². The molecule has 19 heavy (non-hydrogen) atoms. The van der Waals surface area contributed by atoms with Crippen molar-refractivity contribution in [2.75, 3.05) is 12.4 Å². The Balaban J connectivity index is 2.10. The maximum atomic E-state index is 13.6. The first-order valence-electron chi connectivity index (χ1n) is 6.23. The molecule has 100 valence electrons. The number of methoxy groups -OCH3 is 1. The molecule has 0 amide bonds. The van der Waals surface area contributed by atoms with Gasteiger partial charge in [-0.25, -0.2) is 4.39 Å². The number of rotatable bonds is 4. The van der Waals surface area contributed by atoms with Crippen molar-refractivity contribution < 1.29 is 9.13 Å². The first-order chi connectivity index (χ1) is 9.10. The summed E-state index contributed by atoms with van der Waals surface area (Å²) in [6.45, 7) is 4.41. The molecule has 2 aromatic rings. The van der Waals surface area contributed by atoms with E-state index in [1.54, 1.807) is 13.2 Å². The van der Waals surface area contributed by atoms with Crippen LogP contribution < -0.4 is 10.1 Å². The first-order valence-corrected chi connectivity index (χ1v) is 6.23. The molecule has 0 saturated carbocycles. The molecule has 1 N–H and O–H groups in total. The summed E-state index contributed by atoms with van der Waals surface area (Å²) in [5.41, 5.74) is 3.74. The molecule has 0 aliphatic carbocycles.